The predicted octanol–water partition coefficient (Wildman–Crippen LogP) is 2.00. The molecule has 0 aliphatic carbocycles. The normalized spacial score (nSPS) is 12.7. The van der Waals surface area contributed by atoms with Gasteiger partial charge in [0.05, 0.1) is 30.0 Å². The van der Waals surface area contributed by atoms with Gasteiger partial charge < -0.3 is 15.6 Å². The molecule has 26 heavy (non-hydrogen) atoms. The number of sulfonamides is 1. The molecule has 0 radical (unpaired) electrons. The van der Waals surface area contributed by atoms with Gasteiger partial charge in [-0.25, -0.2) is 18.4 Å². The molecule has 1 atom stereocenters. The van der Waals surface area contributed by atoms with Crippen LogP contribution in [0.5, 0.6) is 5.88 Å². The second-order valence-corrected chi connectivity index (χ2v) is 8.45. The number of nitrogens with one attached hydrogen (secondary N) is 1. The molecule has 0 amide bonds. The number of hydrogen-bond donors (Lipinski definition) is 3. The molecule has 2 aromatic rings. The molecule has 1 heterocycles. The number of rotatable bonds is 8. The molecule has 142 valence electrons. The van der Waals surface area contributed by atoms with Gasteiger partial charge in [-0.2, -0.15) is 0 Å². The number of aromatic nitrogens is 2. The minimum atomic E-state index is -4.05. The number of aliphatic hydroxyl groups excluding tert-OH is 1. The Morgan fingerprint density at radius 3 is 2.81 bits per heavy atom. The van der Waals surface area contributed by atoms with Crippen molar-refractivity contribution in [3.8, 4) is 5.88 Å². The summed E-state index contributed by atoms with van der Waals surface area (Å²) in [5, 5.41) is 9.42. The molecular formula is C14H16Cl2N4O4S2. The van der Waals surface area contributed by atoms with Crippen LogP contribution in [0.1, 0.15) is 0 Å². The molecule has 4 N–H and O–H groups in total. The van der Waals surface area contributed by atoms with E-state index in [0.717, 1.165) is 0 Å². The Morgan fingerprint density at radius 1 is 1.42 bits per heavy atom. The van der Waals surface area contributed by atoms with Gasteiger partial charge in [0.2, 0.25) is 5.82 Å². The van der Waals surface area contributed by atoms with Crippen molar-refractivity contribution in [2.45, 2.75) is 16.0 Å². The van der Waals surface area contributed by atoms with Gasteiger partial charge in [-0.05, 0) is 12.1 Å². The maximum Gasteiger partial charge on any atom is 0.264 e. The van der Waals surface area contributed by atoms with E-state index in [0.29, 0.717) is 10.8 Å². The number of methoxy groups -OCH3 is 1. The first-order valence-electron chi connectivity index (χ1n) is 7.15. The van der Waals surface area contributed by atoms with Gasteiger partial charge in [0.15, 0.2) is 0 Å². The Hall–Kier alpha value is -1.30. The van der Waals surface area contributed by atoms with Crippen molar-refractivity contribution in [3.05, 3.63) is 34.4 Å². The molecule has 0 spiro atoms. The Labute approximate surface area is 165 Å². The molecule has 2 rings (SSSR count). The number of benzene rings is 1. The Bertz CT molecular complexity index is 883. The van der Waals surface area contributed by atoms with E-state index in [-0.39, 0.29) is 33.2 Å². The van der Waals surface area contributed by atoms with E-state index in [9.17, 15) is 8.42 Å². The number of nitrogens with two attached hydrogens (primary N) is 1. The molecule has 1 aromatic heterocycles. The third kappa shape index (κ3) is 5.12. The molecule has 0 saturated heterocycles. The maximum absolute atomic E-state index is 12.6. The quantitative estimate of drug-likeness (QED) is 0.533. The molecule has 0 aliphatic heterocycles. The SMILES string of the molecule is COc1nc(SC[C@@H](N)CO)cnc1NS(=O)(=O)c1cccc(Cl)c1Cl. The number of nitrogens with zero attached hydrogens (tertiary/aromatic N) is 2. The molecule has 0 bridgehead atoms. The number of anilines is 1. The van der Waals surface area contributed by atoms with Crippen molar-refractivity contribution >= 4 is 50.8 Å². The summed E-state index contributed by atoms with van der Waals surface area (Å²) in [4.78, 5) is 8.02. The lowest BCUT2D eigenvalue weighted by molar-refractivity contribution is 0.275. The average molecular weight is 439 g/mol. The smallest absolute Gasteiger partial charge is 0.264 e. The summed E-state index contributed by atoms with van der Waals surface area (Å²) in [6.07, 6.45) is 1.37. The van der Waals surface area contributed by atoms with Crippen molar-refractivity contribution in [1.82, 2.24) is 9.97 Å². The number of ether oxygens (including phenoxy) is 1. The maximum atomic E-state index is 12.6. The van der Waals surface area contributed by atoms with Crippen LogP contribution in [0.25, 0.3) is 0 Å². The van der Waals surface area contributed by atoms with Gasteiger partial charge in [-0.3, -0.25) is 4.72 Å². The van der Waals surface area contributed by atoms with Gasteiger partial charge in [0.25, 0.3) is 15.9 Å². The van der Waals surface area contributed by atoms with Crippen LogP contribution in [-0.4, -0.2) is 49.0 Å². The molecule has 0 aliphatic rings. The van der Waals surface area contributed by atoms with Crippen molar-refractivity contribution in [2.24, 2.45) is 5.73 Å². The summed E-state index contributed by atoms with van der Waals surface area (Å²) >= 11 is 13.1. The first kappa shape index (κ1) is 21.0. The van der Waals surface area contributed by atoms with Crippen LogP contribution in [0, 0.1) is 0 Å². The van der Waals surface area contributed by atoms with Crippen LogP contribution < -0.4 is 15.2 Å². The lowest BCUT2D eigenvalue weighted by Gasteiger charge is -2.13. The molecule has 8 nitrogen and oxygen atoms in total. The third-order valence-electron chi connectivity index (χ3n) is 3.03. The number of thioether (sulfide) groups is 1. The zero-order valence-electron chi connectivity index (χ0n) is 13.5. The Kier molecular flexibility index (Phi) is 7.33. The molecule has 0 unspecified atom stereocenters. The van der Waals surface area contributed by atoms with Crippen molar-refractivity contribution < 1.29 is 18.3 Å². The topological polar surface area (TPSA) is 127 Å². The molecule has 0 fully saturated rings. The Morgan fingerprint density at radius 2 is 2.15 bits per heavy atom. The van der Waals surface area contributed by atoms with Gasteiger partial charge in [0.1, 0.15) is 9.92 Å². The van der Waals surface area contributed by atoms with Gasteiger partial charge in [-0.15, -0.1) is 11.8 Å². The highest BCUT2D eigenvalue weighted by molar-refractivity contribution is 7.99. The first-order chi connectivity index (χ1) is 12.3. The second kappa shape index (κ2) is 9.07. The standard InChI is InChI=1S/C14H16Cl2N4O4S2/c1-24-14-13(18-5-11(19-14)25-7-8(17)6-21)20-26(22,23)10-4-2-3-9(15)12(10)16/h2-5,8,21H,6-7,17H2,1H3,(H,18,20)/t8-/m0/s1. The highest BCUT2D eigenvalue weighted by Gasteiger charge is 2.22. The summed E-state index contributed by atoms with van der Waals surface area (Å²) in [7, 11) is -2.71. The van der Waals surface area contributed by atoms with Gasteiger partial charge >= 0.3 is 0 Å². The van der Waals surface area contributed by atoms with Gasteiger partial charge in [0, 0.05) is 11.8 Å². The lowest BCUT2D eigenvalue weighted by Crippen LogP contribution is -2.26. The monoisotopic (exact) mass is 438 g/mol. The minimum absolute atomic E-state index is 0.0192. The first-order valence-corrected chi connectivity index (χ1v) is 10.4. The van der Waals surface area contributed by atoms with Crippen molar-refractivity contribution in [1.29, 1.82) is 0 Å². The third-order valence-corrected chi connectivity index (χ3v) is 6.43. The largest absolute Gasteiger partial charge is 0.478 e. The number of halogens is 2. The summed E-state index contributed by atoms with van der Waals surface area (Å²) in [6.45, 7) is -0.157. The molecule has 0 saturated carbocycles. The summed E-state index contributed by atoms with van der Waals surface area (Å²) in [6, 6.07) is 3.86. The molecule has 1 aromatic carbocycles. The van der Waals surface area contributed by atoms with E-state index in [4.69, 9.17) is 38.8 Å². The summed E-state index contributed by atoms with van der Waals surface area (Å²) < 4.78 is 32.5. The van der Waals surface area contributed by atoms with Crippen LogP contribution >= 0.6 is 35.0 Å². The fourth-order valence-electron chi connectivity index (χ4n) is 1.76. The fourth-order valence-corrected chi connectivity index (χ4v) is 4.29. The van der Waals surface area contributed by atoms with Crippen molar-refractivity contribution in [2.75, 3.05) is 24.2 Å². The number of hydrogen-bond acceptors (Lipinski definition) is 8. The molecule has 12 heteroatoms. The second-order valence-electron chi connectivity index (χ2n) is 4.98. The minimum Gasteiger partial charge on any atom is -0.478 e. The summed E-state index contributed by atoms with van der Waals surface area (Å²) in [5.41, 5.74) is 5.63. The average Bonchev–Trinajstić information content (AvgIpc) is 2.62. The fraction of sp³-hybridized carbons (Fsp3) is 0.286. The van der Waals surface area contributed by atoms with Crippen LogP contribution in [-0.2, 0) is 10.0 Å². The van der Waals surface area contributed by atoms with Crippen LogP contribution in [0.3, 0.4) is 0 Å². The van der Waals surface area contributed by atoms with E-state index in [1.807, 2.05) is 0 Å². The van der Waals surface area contributed by atoms with E-state index < -0.39 is 16.1 Å². The van der Waals surface area contributed by atoms with Crippen LogP contribution in [0.15, 0.2) is 34.3 Å². The van der Waals surface area contributed by atoms with E-state index in [2.05, 4.69) is 14.7 Å². The molecular weight excluding hydrogens is 423 g/mol. The van der Waals surface area contributed by atoms with Gasteiger partial charge in [-0.1, -0.05) is 29.3 Å². The predicted molar refractivity (Wildman–Crippen MR) is 102 cm³/mol. The van der Waals surface area contributed by atoms with Crippen LogP contribution in [0.2, 0.25) is 10.0 Å². The highest BCUT2D eigenvalue weighted by Crippen LogP contribution is 2.31. The Balaban J connectivity index is 2.27. The van der Waals surface area contributed by atoms with Crippen molar-refractivity contribution in [3.63, 3.8) is 0 Å². The summed E-state index contributed by atoms with van der Waals surface area (Å²) in [5.74, 6) is 0.297. The lowest BCUT2D eigenvalue weighted by atomic mass is 10.4. The van der Waals surface area contributed by atoms with E-state index >= 15 is 0 Å². The van der Waals surface area contributed by atoms with E-state index in [1.54, 1.807) is 0 Å². The zero-order valence-corrected chi connectivity index (χ0v) is 16.7. The van der Waals surface area contributed by atoms with E-state index in [1.165, 1.54) is 43.3 Å². The highest BCUT2D eigenvalue weighted by atomic mass is 35.5. The zero-order chi connectivity index (χ0) is 19.3. The van der Waals surface area contributed by atoms with Crippen LogP contribution in [0.4, 0.5) is 5.82 Å². The number of aliphatic hydroxyl groups is 1.